The normalized spacial score (nSPS) is 23.9. The summed E-state index contributed by atoms with van der Waals surface area (Å²) in [5, 5.41) is 10.8. The standard InChI is InChI=1S/C25H42N3O9PS2/c1-16-27-18(26)9-10-28(16)21-20(33-8)19(29)17(37-21)15-36-38(32,34-11-13-39-22(30)24(2,3)4)35-12-14-40-23(31)25(5,6)7/h9-10,17,19-21,29H,1,11-15H2,2-8H3,(H2,26,27)/t17-,19-,20-,21-/m1/s1. The van der Waals surface area contributed by atoms with Crippen LogP contribution in [0.15, 0.2) is 29.7 Å². The summed E-state index contributed by atoms with van der Waals surface area (Å²) < 4.78 is 41.5. The molecule has 40 heavy (non-hydrogen) atoms. The lowest BCUT2D eigenvalue weighted by atomic mass is 9.99. The predicted octanol–water partition coefficient (Wildman–Crippen LogP) is 3.51. The molecule has 2 rings (SSSR count). The maximum Gasteiger partial charge on any atom is 0.474 e. The van der Waals surface area contributed by atoms with Crippen molar-refractivity contribution >= 4 is 47.4 Å². The van der Waals surface area contributed by atoms with Crippen molar-refractivity contribution < 1.29 is 42.3 Å². The fourth-order valence-corrected chi connectivity index (χ4v) is 6.33. The van der Waals surface area contributed by atoms with Crippen LogP contribution in [0.2, 0.25) is 0 Å². The fourth-order valence-electron chi connectivity index (χ4n) is 3.33. The number of carbonyl (C=O) groups excluding carboxylic acids is 2. The van der Waals surface area contributed by atoms with E-state index < -0.39 is 43.2 Å². The van der Waals surface area contributed by atoms with Gasteiger partial charge in [0.1, 0.15) is 30.0 Å². The molecule has 2 aliphatic rings. The number of aliphatic imine (C=N–C) groups is 1. The Labute approximate surface area is 245 Å². The molecule has 0 aromatic heterocycles. The minimum absolute atomic E-state index is 0.0385. The first-order valence-corrected chi connectivity index (χ1v) is 16.2. The molecule has 0 radical (unpaired) electrons. The van der Waals surface area contributed by atoms with Crippen LogP contribution < -0.4 is 5.73 Å². The Bertz CT molecular complexity index is 988. The Morgan fingerprint density at radius 3 is 2.08 bits per heavy atom. The summed E-state index contributed by atoms with van der Waals surface area (Å²) in [6.45, 7) is 14.2. The van der Waals surface area contributed by atoms with E-state index in [4.69, 9.17) is 28.8 Å². The number of ether oxygens (including phenoxy) is 2. The molecule has 1 fully saturated rings. The molecular formula is C25H42N3O9PS2. The number of methoxy groups -OCH3 is 1. The molecular weight excluding hydrogens is 581 g/mol. The van der Waals surface area contributed by atoms with Crippen LogP contribution in [0.25, 0.3) is 0 Å². The van der Waals surface area contributed by atoms with E-state index in [0.717, 1.165) is 23.5 Å². The Morgan fingerprint density at radius 2 is 1.62 bits per heavy atom. The summed E-state index contributed by atoms with van der Waals surface area (Å²) in [4.78, 5) is 30.1. The second-order valence-electron chi connectivity index (χ2n) is 11.1. The van der Waals surface area contributed by atoms with E-state index in [2.05, 4.69) is 11.6 Å². The summed E-state index contributed by atoms with van der Waals surface area (Å²) >= 11 is 2.11. The van der Waals surface area contributed by atoms with E-state index in [1.807, 2.05) is 0 Å². The van der Waals surface area contributed by atoms with Gasteiger partial charge in [0.25, 0.3) is 0 Å². The van der Waals surface area contributed by atoms with Crippen LogP contribution in [0, 0.1) is 10.8 Å². The number of aliphatic hydroxyl groups is 1. The van der Waals surface area contributed by atoms with Gasteiger partial charge in [0, 0.05) is 35.6 Å². The minimum Gasteiger partial charge on any atom is -0.387 e. The van der Waals surface area contributed by atoms with E-state index in [1.54, 1.807) is 58.7 Å². The summed E-state index contributed by atoms with van der Waals surface area (Å²) in [5.74, 6) is 1.03. The van der Waals surface area contributed by atoms with Crippen LogP contribution in [-0.4, -0.2) is 89.0 Å². The molecule has 1 saturated heterocycles. The van der Waals surface area contributed by atoms with Gasteiger partial charge in [-0.3, -0.25) is 23.2 Å². The first-order chi connectivity index (χ1) is 18.5. The lowest BCUT2D eigenvalue weighted by Gasteiger charge is -2.31. The predicted molar refractivity (Wildman–Crippen MR) is 157 cm³/mol. The maximum absolute atomic E-state index is 13.5. The van der Waals surface area contributed by atoms with E-state index >= 15 is 0 Å². The van der Waals surface area contributed by atoms with Crippen LogP contribution in [-0.2, 0) is 37.2 Å². The van der Waals surface area contributed by atoms with Crippen molar-refractivity contribution in [2.24, 2.45) is 21.6 Å². The molecule has 0 unspecified atom stereocenters. The highest BCUT2D eigenvalue weighted by Gasteiger charge is 2.48. The molecule has 0 spiro atoms. The fraction of sp³-hybridized carbons (Fsp3) is 0.720. The molecule has 0 aliphatic carbocycles. The van der Waals surface area contributed by atoms with Crippen molar-refractivity contribution in [1.82, 2.24) is 4.90 Å². The largest absolute Gasteiger partial charge is 0.474 e. The Hall–Kier alpha value is -1.22. The number of aliphatic hydroxyl groups excluding tert-OH is 1. The van der Waals surface area contributed by atoms with E-state index in [1.165, 1.54) is 7.11 Å². The van der Waals surface area contributed by atoms with Gasteiger partial charge in [-0.15, -0.1) is 0 Å². The van der Waals surface area contributed by atoms with Crippen molar-refractivity contribution in [3.8, 4) is 0 Å². The summed E-state index contributed by atoms with van der Waals surface area (Å²) in [5.41, 5.74) is 4.65. The molecule has 0 aromatic carbocycles. The van der Waals surface area contributed by atoms with Crippen molar-refractivity contribution in [3.63, 3.8) is 0 Å². The monoisotopic (exact) mass is 623 g/mol. The van der Waals surface area contributed by atoms with Gasteiger partial charge in [-0.05, 0) is 6.08 Å². The van der Waals surface area contributed by atoms with Gasteiger partial charge in [-0.1, -0.05) is 71.6 Å². The number of amidine groups is 1. The van der Waals surface area contributed by atoms with E-state index in [0.29, 0.717) is 5.82 Å². The van der Waals surface area contributed by atoms with Gasteiger partial charge in [-0.25, -0.2) is 9.56 Å². The number of hydrogen-bond acceptors (Lipinski definition) is 14. The first kappa shape index (κ1) is 35.0. The SMILES string of the molecule is C=C1N=C(N)C=CN1[C@@H]1O[C@H](COP(=O)(OCCSC(=O)C(C)(C)C)OCCSC(=O)C(C)(C)C)[C@@H](O)[C@H]1OC. The van der Waals surface area contributed by atoms with E-state index in [9.17, 15) is 19.3 Å². The molecule has 2 heterocycles. The Morgan fingerprint density at radius 1 is 1.10 bits per heavy atom. The van der Waals surface area contributed by atoms with Crippen molar-refractivity contribution in [2.75, 3.05) is 38.4 Å². The molecule has 0 aromatic rings. The lowest BCUT2D eigenvalue weighted by Crippen LogP contribution is -2.43. The highest BCUT2D eigenvalue weighted by Crippen LogP contribution is 2.50. The molecule has 15 heteroatoms. The highest BCUT2D eigenvalue weighted by atomic mass is 32.2. The molecule has 12 nitrogen and oxygen atoms in total. The number of nitrogens with zero attached hydrogens (tertiary/aromatic N) is 2. The van der Waals surface area contributed by atoms with Gasteiger partial charge >= 0.3 is 7.82 Å². The van der Waals surface area contributed by atoms with E-state index in [-0.39, 0.29) is 47.4 Å². The minimum atomic E-state index is -4.16. The average Bonchev–Trinajstić information content (AvgIpc) is 3.16. The zero-order chi connectivity index (χ0) is 30.3. The van der Waals surface area contributed by atoms with Gasteiger partial charge in [0.2, 0.25) is 0 Å². The summed E-state index contributed by atoms with van der Waals surface area (Å²) in [7, 11) is -2.74. The van der Waals surface area contributed by atoms with Crippen molar-refractivity contribution in [1.29, 1.82) is 0 Å². The topological polar surface area (TPSA) is 159 Å². The highest BCUT2D eigenvalue weighted by molar-refractivity contribution is 8.14. The third-order valence-electron chi connectivity index (χ3n) is 5.57. The molecule has 0 amide bonds. The second-order valence-corrected chi connectivity index (χ2v) is 14.9. The van der Waals surface area contributed by atoms with Crippen molar-refractivity contribution in [2.45, 2.75) is 66.1 Å². The number of phosphoric ester groups is 1. The third-order valence-corrected chi connectivity index (χ3v) is 9.53. The summed E-state index contributed by atoms with van der Waals surface area (Å²) in [6, 6.07) is 0. The summed E-state index contributed by atoms with van der Waals surface area (Å²) in [6.07, 6.45) is -0.578. The van der Waals surface area contributed by atoms with Gasteiger partial charge in [-0.2, -0.15) is 0 Å². The number of carbonyl (C=O) groups is 2. The quantitative estimate of drug-likeness (QED) is 0.227. The molecule has 4 atom stereocenters. The molecule has 3 N–H and O–H groups in total. The number of phosphoric acid groups is 1. The molecule has 0 bridgehead atoms. The Balaban J connectivity index is 2.03. The van der Waals surface area contributed by atoms with Crippen LogP contribution in [0.3, 0.4) is 0 Å². The zero-order valence-electron chi connectivity index (χ0n) is 24.2. The van der Waals surface area contributed by atoms with Crippen LogP contribution in [0.5, 0.6) is 0 Å². The molecule has 228 valence electrons. The first-order valence-electron chi connectivity index (χ1n) is 12.7. The molecule has 0 saturated carbocycles. The lowest BCUT2D eigenvalue weighted by molar-refractivity contribution is -0.118. The second kappa shape index (κ2) is 14.8. The third kappa shape index (κ3) is 10.2. The van der Waals surface area contributed by atoms with Gasteiger partial charge in [0.05, 0.1) is 19.8 Å². The number of thioether (sulfide) groups is 2. The van der Waals surface area contributed by atoms with Crippen molar-refractivity contribution in [3.05, 3.63) is 24.7 Å². The van der Waals surface area contributed by atoms with Crippen LogP contribution in [0.1, 0.15) is 41.5 Å². The van der Waals surface area contributed by atoms with Crippen LogP contribution in [0.4, 0.5) is 0 Å². The number of hydrogen-bond donors (Lipinski definition) is 2. The average molecular weight is 624 g/mol. The molecule has 2 aliphatic heterocycles. The smallest absolute Gasteiger partial charge is 0.387 e. The van der Waals surface area contributed by atoms with Gasteiger partial charge < -0.3 is 25.2 Å². The maximum atomic E-state index is 13.5. The zero-order valence-corrected chi connectivity index (χ0v) is 26.7. The van der Waals surface area contributed by atoms with Gasteiger partial charge in [0.15, 0.2) is 16.5 Å². The number of rotatable bonds is 13. The number of nitrogens with two attached hydrogens (primary N) is 1. The Kier molecular flexibility index (Phi) is 12.9. The van der Waals surface area contributed by atoms with Crippen LogP contribution >= 0.6 is 31.3 Å².